The summed E-state index contributed by atoms with van der Waals surface area (Å²) < 4.78 is 22.2. The zero-order valence-corrected chi connectivity index (χ0v) is 7.64. The minimum atomic E-state index is -2.53. The van der Waals surface area contributed by atoms with Crippen molar-refractivity contribution in [3.8, 4) is 0 Å². The summed E-state index contributed by atoms with van der Waals surface area (Å²) in [6, 6.07) is 7.36. The molecule has 0 saturated carbocycles. The fraction of sp³-hybridized carbons (Fsp3) is 0. The summed E-state index contributed by atoms with van der Waals surface area (Å²) in [7, 11) is -2.53. The third kappa shape index (κ3) is 1.21. The van der Waals surface area contributed by atoms with Crippen molar-refractivity contribution in [3.05, 3.63) is 24.3 Å². The molecule has 5 heteroatoms. The van der Waals surface area contributed by atoms with Crippen LogP contribution in [0.5, 0.6) is 0 Å². The van der Waals surface area contributed by atoms with Gasteiger partial charge in [-0.2, -0.15) is 0 Å². The highest BCUT2D eigenvalue weighted by atomic mass is 32.2. The molecule has 0 radical (unpaired) electrons. The van der Waals surface area contributed by atoms with E-state index in [4.69, 9.17) is 0 Å². The summed E-state index contributed by atoms with van der Waals surface area (Å²) in [5.74, 6) is 0. The van der Waals surface area contributed by atoms with Crippen molar-refractivity contribution in [1.82, 2.24) is 4.98 Å². The highest BCUT2D eigenvalue weighted by Gasteiger charge is 2.03. The Morgan fingerprint density at radius 2 is 2.00 bits per heavy atom. The number of thiazole rings is 1. The van der Waals surface area contributed by atoms with Crippen LogP contribution in [0.3, 0.4) is 0 Å². The minimum absolute atomic E-state index is 0.186. The van der Waals surface area contributed by atoms with Gasteiger partial charge in [0.15, 0.2) is 10.7 Å². The van der Waals surface area contributed by atoms with Crippen LogP contribution in [-0.4, -0.2) is 13.4 Å². The summed E-state index contributed by atoms with van der Waals surface area (Å²) in [5.41, 5.74) is 0.747. The number of hydrogen-bond donors (Lipinski definition) is 1. The maximum absolute atomic E-state index is 10.6. The van der Waals surface area contributed by atoms with E-state index in [1.165, 1.54) is 11.3 Å². The van der Waals surface area contributed by atoms with Crippen LogP contribution >= 0.6 is 11.3 Å². The first-order valence-corrected chi connectivity index (χ1v) is 5.27. The van der Waals surface area contributed by atoms with E-state index in [2.05, 4.69) is 4.98 Å². The molecular formula is C7H5NO2S2. The number of aromatic nitrogens is 1. The van der Waals surface area contributed by atoms with Gasteiger partial charge >= 0.3 is 0 Å². The predicted octanol–water partition coefficient (Wildman–Crippen LogP) is 1.27. The molecule has 2 rings (SSSR count). The van der Waals surface area contributed by atoms with Crippen molar-refractivity contribution in [2.24, 2.45) is 0 Å². The van der Waals surface area contributed by atoms with E-state index < -0.39 is 10.7 Å². The van der Waals surface area contributed by atoms with Gasteiger partial charge in [0.2, 0.25) is 4.34 Å². The molecule has 0 N–H and O–H groups in total. The smallest absolute Gasteiger partial charge is 0.207 e. The third-order valence-electron chi connectivity index (χ3n) is 1.44. The average Bonchev–Trinajstić information content (AvgIpc) is 2.46. The van der Waals surface area contributed by atoms with Gasteiger partial charge in [0, 0.05) is 0 Å². The van der Waals surface area contributed by atoms with Gasteiger partial charge in [-0.3, -0.25) is 0 Å². The lowest BCUT2D eigenvalue weighted by molar-refractivity contribution is 0.614. The van der Waals surface area contributed by atoms with Crippen LogP contribution in [0.15, 0.2) is 28.6 Å². The molecular weight excluding hydrogens is 194 g/mol. The number of fused-ring (bicyclic) bond motifs is 1. The molecule has 1 aromatic heterocycles. The van der Waals surface area contributed by atoms with Crippen LogP contribution in [0, 0.1) is 0 Å². The molecule has 1 aromatic carbocycles. The summed E-state index contributed by atoms with van der Waals surface area (Å²) >= 11 is 1.20. The summed E-state index contributed by atoms with van der Waals surface area (Å²) in [4.78, 5) is 3.93. The average molecular weight is 199 g/mol. The van der Waals surface area contributed by atoms with E-state index in [0.717, 1.165) is 10.2 Å². The minimum Gasteiger partial charge on any atom is -0.225 e. The topological polar surface area (TPSA) is 47.0 Å². The van der Waals surface area contributed by atoms with Crippen molar-refractivity contribution >= 4 is 32.3 Å². The summed E-state index contributed by atoms with van der Waals surface area (Å²) in [6.07, 6.45) is 0. The van der Waals surface area contributed by atoms with Gasteiger partial charge in [-0.1, -0.05) is 12.1 Å². The van der Waals surface area contributed by atoms with Crippen molar-refractivity contribution in [2.75, 3.05) is 0 Å². The molecule has 0 unspecified atom stereocenters. The van der Waals surface area contributed by atoms with E-state index >= 15 is 0 Å². The fourth-order valence-corrected chi connectivity index (χ4v) is 2.43. The predicted molar refractivity (Wildman–Crippen MR) is 48.2 cm³/mol. The Morgan fingerprint density at radius 1 is 1.25 bits per heavy atom. The summed E-state index contributed by atoms with van der Waals surface area (Å²) in [5, 5.41) is 0. The van der Waals surface area contributed by atoms with Crippen LogP contribution in [-0.2, 0) is 10.7 Å². The lowest BCUT2D eigenvalue weighted by atomic mass is 10.3. The van der Waals surface area contributed by atoms with Crippen LogP contribution in [0.25, 0.3) is 10.2 Å². The van der Waals surface area contributed by atoms with Crippen molar-refractivity contribution in [1.29, 1.82) is 0 Å². The van der Waals surface area contributed by atoms with Gasteiger partial charge in [0.25, 0.3) is 0 Å². The first-order chi connectivity index (χ1) is 5.77. The fourth-order valence-electron chi connectivity index (χ4n) is 0.938. The number of nitrogens with zero attached hydrogens (tertiary/aromatic N) is 1. The zero-order valence-electron chi connectivity index (χ0n) is 5.93. The highest BCUT2D eigenvalue weighted by molar-refractivity contribution is 7.75. The molecule has 0 bridgehead atoms. The quantitative estimate of drug-likeness (QED) is 0.703. The number of para-hydroxylation sites is 1. The van der Waals surface area contributed by atoms with Crippen LogP contribution in [0.4, 0.5) is 0 Å². The highest BCUT2D eigenvalue weighted by Crippen LogP contribution is 2.21. The number of benzene rings is 1. The van der Waals surface area contributed by atoms with Gasteiger partial charge in [-0.15, -0.1) is 11.3 Å². The zero-order chi connectivity index (χ0) is 8.55. The molecule has 0 aliphatic heterocycles. The molecule has 0 amide bonds. The number of rotatable bonds is 1. The van der Waals surface area contributed by atoms with Gasteiger partial charge in [0.1, 0.15) is 0 Å². The van der Waals surface area contributed by atoms with Crippen molar-refractivity contribution < 1.29 is 8.42 Å². The van der Waals surface area contributed by atoms with Gasteiger partial charge in [0.05, 0.1) is 10.2 Å². The number of thiol groups is 1. The molecule has 0 atom stereocenters. The summed E-state index contributed by atoms with van der Waals surface area (Å²) in [6.45, 7) is 0. The lowest BCUT2D eigenvalue weighted by Gasteiger charge is -1.80. The van der Waals surface area contributed by atoms with E-state index in [-0.39, 0.29) is 4.34 Å². The normalized spacial score (nSPS) is 11.1. The van der Waals surface area contributed by atoms with Gasteiger partial charge < -0.3 is 0 Å². The Kier molecular flexibility index (Phi) is 1.82. The number of hydrogen-bond acceptors (Lipinski definition) is 4. The standard InChI is InChI=1S/C7H5NO2S2/c9-12(10)7-8-5-3-1-2-4-6(5)11-7/h1-4,12H. The molecule has 1 heterocycles. The Morgan fingerprint density at radius 3 is 2.67 bits per heavy atom. The van der Waals surface area contributed by atoms with Crippen molar-refractivity contribution in [2.45, 2.75) is 4.34 Å². The van der Waals surface area contributed by atoms with E-state index in [1.54, 1.807) is 6.07 Å². The van der Waals surface area contributed by atoms with E-state index in [9.17, 15) is 8.42 Å². The molecule has 12 heavy (non-hydrogen) atoms. The van der Waals surface area contributed by atoms with Gasteiger partial charge in [-0.05, 0) is 12.1 Å². The molecule has 0 aliphatic rings. The van der Waals surface area contributed by atoms with E-state index in [0.29, 0.717) is 0 Å². The molecule has 0 aliphatic carbocycles. The van der Waals surface area contributed by atoms with Crippen LogP contribution < -0.4 is 0 Å². The maximum Gasteiger partial charge on any atom is 0.207 e. The van der Waals surface area contributed by atoms with Crippen molar-refractivity contribution in [3.63, 3.8) is 0 Å². The maximum atomic E-state index is 10.6. The van der Waals surface area contributed by atoms with Crippen LogP contribution in [0.2, 0.25) is 0 Å². The molecule has 62 valence electrons. The Hall–Kier alpha value is -0.940. The van der Waals surface area contributed by atoms with Crippen LogP contribution in [0.1, 0.15) is 0 Å². The first-order valence-electron chi connectivity index (χ1n) is 3.27. The second-order valence-corrected chi connectivity index (χ2v) is 4.49. The SMILES string of the molecule is O=[SH](=O)c1nc2ccccc2s1. The largest absolute Gasteiger partial charge is 0.225 e. The van der Waals surface area contributed by atoms with E-state index in [1.807, 2.05) is 18.2 Å². The Balaban J connectivity index is 2.78. The molecule has 0 fully saturated rings. The first kappa shape index (κ1) is 7.70. The Labute approximate surface area is 74.6 Å². The third-order valence-corrected chi connectivity index (χ3v) is 3.41. The molecule has 0 spiro atoms. The Bertz CT molecular complexity index is 446. The second kappa shape index (κ2) is 2.84. The lowest BCUT2D eigenvalue weighted by Crippen LogP contribution is -1.74. The molecule has 2 aromatic rings. The monoisotopic (exact) mass is 199 g/mol. The van der Waals surface area contributed by atoms with Gasteiger partial charge in [-0.25, -0.2) is 13.4 Å². The molecule has 3 nitrogen and oxygen atoms in total. The molecule has 0 saturated heterocycles. The second-order valence-electron chi connectivity index (χ2n) is 2.22.